The van der Waals surface area contributed by atoms with Gasteiger partial charge in [0, 0.05) is 24.2 Å². The molecule has 4 rings (SSSR count). The van der Waals surface area contributed by atoms with Gasteiger partial charge >= 0.3 is 6.36 Å². The molecule has 0 atom stereocenters. The molecule has 0 unspecified atom stereocenters. The smallest absolute Gasteiger partial charge is 0.406 e. The Bertz CT molecular complexity index is 1090. The molecule has 1 aromatic heterocycles. The molecule has 162 valence electrons. The fourth-order valence-corrected chi connectivity index (χ4v) is 2.86. The van der Waals surface area contributed by atoms with Gasteiger partial charge in [-0.15, -0.1) is 13.2 Å². The number of halogens is 5. The zero-order valence-electron chi connectivity index (χ0n) is 16.0. The topological polar surface area (TPSA) is 59.1 Å². The van der Waals surface area contributed by atoms with Crippen molar-refractivity contribution in [3.05, 3.63) is 65.7 Å². The van der Waals surface area contributed by atoms with E-state index in [4.69, 9.17) is 0 Å². The summed E-state index contributed by atoms with van der Waals surface area (Å²) in [5.41, 5.74) is 1.27. The summed E-state index contributed by atoms with van der Waals surface area (Å²) in [6, 6.07) is 10.8. The number of alkyl halides is 3. The molecule has 31 heavy (non-hydrogen) atoms. The van der Waals surface area contributed by atoms with Gasteiger partial charge < -0.3 is 15.4 Å². The average Bonchev–Trinajstić information content (AvgIpc) is 3.52. The number of nitrogens with zero attached hydrogens (tertiary/aromatic N) is 2. The van der Waals surface area contributed by atoms with Gasteiger partial charge in [-0.25, -0.2) is 13.8 Å². The normalized spacial score (nSPS) is 13.7. The molecule has 1 heterocycles. The van der Waals surface area contributed by atoms with Gasteiger partial charge in [0.05, 0.1) is 5.69 Å². The molecule has 1 fully saturated rings. The van der Waals surface area contributed by atoms with E-state index in [9.17, 15) is 22.0 Å². The SMILES string of the molecule is Fc1ccc(CNc2cc(-c3cccc(OC(F)(F)F)c3)nc(NC3CC3)n2)cc1F. The first kappa shape index (κ1) is 20.8. The van der Waals surface area contributed by atoms with Crippen LogP contribution in [0.4, 0.5) is 33.7 Å². The van der Waals surface area contributed by atoms with Crippen LogP contribution in [0, 0.1) is 11.6 Å². The highest BCUT2D eigenvalue weighted by Crippen LogP contribution is 2.30. The monoisotopic (exact) mass is 436 g/mol. The lowest BCUT2D eigenvalue weighted by Crippen LogP contribution is -2.17. The Morgan fingerprint density at radius 3 is 2.48 bits per heavy atom. The first-order valence-corrected chi connectivity index (χ1v) is 9.45. The van der Waals surface area contributed by atoms with Crippen molar-refractivity contribution in [1.82, 2.24) is 9.97 Å². The van der Waals surface area contributed by atoms with Gasteiger partial charge in [0.25, 0.3) is 0 Å². The van der Waals surface area contributed by atoms with Crippen LogP contribution in [0.3, 0.4) is 0 Å². The van der Waals surface area contributed by atoms with E-state index < -0.39 is 18.0 Å². The van der Waals surface area contributed by atoms with Gasteiger partial charge in [0.1, 0.15) is 11.6 Å². The van der Waals surface area contributed by atoms with Crippen molar-refractivity contribution in [2.24, 2.45) is 0 Å². The molecular weight excluding hydrogens is 419 g/mol. The fourth-order valence-electron chi connectivity index (χ4n) is 2.86. The van der Waals surface area contributed by atoms with E-state index in [-0.39, 0.29) is 18.3 Å². The molecule has 0 saturated heterocycles. The molecular formula is C21H17F5N4O. The molecule has 0 radical (unpaired) electrons. The molecule has 0 spiro atoms. The number of nitrogens with one attached hydrogen (secondary N) is 2. The molecule has 5 nitrogen and oxygen atoms in total. The van der Waals surface area contributed by atoms with Crippen molar-refractivity contribution in [2.45, 2.75) is 31.8 Å². The Hall–Kier alpha value is -3.43. The lowest BCUT2D eigenvalue weighted by Gasteiger charge is -2.13. The molecule has 10 heteroatoms. The summed E-state index contributed by atoms with van der Waals surface area (Å²) in [6.45, 7) is 0.160. The van der Waals surface area contributed by atoms with Crippen LogP contribution >= 0.6 is 0 Å². The van der Waals surface area contributed by atoms with Gasteiger partial charge in [-0.2, -0.15) is 4.98 Å². The van der Waals surface area contributed by atoms with Gasteiger partial charge in [0.15, 0.2) is 11.6 Å². The van der Waals surface area contributed by atoms with Crippen molar-refractivity contribution in [3.8, 4) is 17.0 Å². The van der Waals surface area contributed by atoms with Crippen LogP contribution in [0.5, 0.6) is 5.75 Å². The minimum atomic E-state index is -4.81. The van der Waals surface area contributed by atoms with Crippen LogP contribution < -0.4 is 15.4 Å². The van der Waals surface area contributed by atoms with E-state index in [0.717, 1.165) is 25.0 Å². The summed E-state index contributed by atoms with van der Waals surface area (Å²) in [4.78, 5) is 8.76. The minimum absolute atomic E-state index is 0.160. The Morgan fingerprint density at radius 1 is 0.968 bits per heavy atom. The highest BCUT2D eigenvalue weighted by Gasteiger charge is 2.31. The Morgan fingerprint density at radius 2 is 1.77 bits per heavy atom. The molecule has 0 aliphatic heterocycles. The number of rotatable bonds is 7. The number of ether oxygens (including phenoxy) is 1. The van der Waals surface area contributed by atoms with E-state index in [1.807, 2.05) is 0 Å². The van der Waals surface area contributed by atoms with E-state index in [2.05, 4.69) is 25.3 Å². The molecule has 0 bridgehead atoms. The number of aromatic nitrogens is 2. The summed E-state index contributed by atoms with van der Waals surface area (Å²) in [5.74, 6) is -1.57. The third kappa shape index (κ3) is 5.80. The van der Waals surface area contributed by atoms with Crippen molar-refractivity contribution >= 4 is 11.8 Å². The van der Waals surface area contributed by atoms with Crippen LogP contribution in [-0.2, 0) is 6.54 Å². The second kappa shape index (κ2) is 8.37. The predicted molar refractivity (Wildman–Crippen MR) is 104 cm³/mol. The van der Waals surface area contributed by atoms with Crippen LogP contribution in [0.2, 0.25) is 0 Å². The number of hydrogen-bond acceptors (Lipinski definition) is 5. The highest BCUT2D eigenvalue weighted by atomic mass is 19.4. The van der Waals surface area contributed by atoms with Gasteiger partial charge in [0.2, 0.25) is 5.95 Å². The van der Waals surface area contributed by atoms with E-state index >= 15 is 0 Å². The molecule has 0 amide bonds. The maximum absolute atomic E-state index is 13.4. The first-order chi connectivity index (χ1) is 14.7. The highest BCUT2D eigenvalue weighted by molar-refractivity contribution is 5.66. The second-order valence-corrected chi connectivity index (χ2v) is 7.06. The van der Waals surface area contributed by atoms with E-state index in [0.29, 0.717) is 28.6 Å². The van der Waals surface area contributed by atoms with Gasteiger partial charge in [-0.05, 0) is 42.7 Å². The largest absolute Gasteiger partial charge is 0.573 e. The van der Waals surface area contributed by atoms with Crippen LogP contribution in [-0.4, -0.2) is 22.4 Å². The second-order valence-electron chi connectivity index (χ2n) is 7.06. The zero-order valence-corrected chi connectivity index (χ0v) is 16.0. The summed E-state index contributed by atoms with van der Waals surface area (Å²) in [5, 5.41) is 6.16. The third-order valence-corrected chi connectivity index (χ3v) is 4.46. The summed E-state index contributed by atoms with van der Waals surface area (Å²) in [6.07, 6.45) is -2.86. The third-order valence-electron chi connectivity index (χ3n) is 4.46. The van der Waals surface area contributed by atoms with E-state index in [1.165, 1.54) is 24.3 Å². The van der Waals surface area contributed by atoms with Crippen molar-refractivity contribution in [1.29, 1.82) is 0 Å². The lowest BCUT2D eigenvalue weighted by molar-refractivity contribution is -0.274. The maximum atomic E-state index is 13.4. The summed E-state index contributed by atoms with van der Waals surface area (Å²) >= 11 is 0. The number of anilines is 2. The number of benzene rings is 2. The predicted octanol–water partition coefficient (Wildman–Crippen LogP) is 5.51. The standard InChI is InChI=1S/C21H17F5N4O/c22-16-7-4-12(8-17(16)23)11-27-19-10-18(29-20(30-19)28-14-5-6-14)13-2-1-3-15(9-13)31-21(24,25)26/h1-4,7-10,14H,5-6,11H2,(H2,27,28,29,30). The Kier molecular flexibility index (Phi) is 5.62. The van der Waals surface area contributed by atoms with Crippen LogP contribution in [0.15, 0.2) is 48.5 Å². The molecule has 2 N–H and O–H groups in total. The Labute approximate surface area is 174 Å². The Balaban J connectivity index is 1.60. The molecule has 3 aromatic rings. The quantitative estimate of drug-likeness (QED) is 0.479. The maximum Gasteiger partial charge on any atom is 0.573 e. The molecule has 2 aromatic carbocycles. The lowest BCUT2D eigenvalue weighted by atomic mass is 10.1. The zero-order chi connectivity index (χ0) is 22.0. The number of hydrogen-bond donors (Lipinski definition) is 2. The van der Waals surface area contributed by atoms with Crippen molar-refractivity contribution in [2.75, 3.05) is 10.6 Å². The molecule has 1 aliphatic rings. The molecule has 1 saturated carbocycles. The van der Waals surface area contributed by atoms with Gasteiger partial charge in [-0.1, -0.05) is 18.2 Å². The summed E-state index contributed by atoms with van der Waals surface area (Å²) in [7, 11) is 0. The first-order valence-electron chi connectivity index (χ1n) is 9.45. The van der Waals surface area contributed by atoms with E-state index in [1.54, 1.807) is 12.1 Å². The minimum Gasteiger partial charge on any atom is -0.406 e. The van der Waals surface area contributed by atoms with Crippen molar-refractivity contribution < 1.29 is 26.7 Å². The van der Waals surface area contributed by atoms with Gasteiger partial charge in [-0.3, -0.25) is 0 Å². The summed E-state index contributed by atoms with van der Waals surface area (Å²) < 4.78 is 68.2. The fraction of sp³-hybridized carbons (Fsp3) is 0.238. The molecule has 1 aliphatic carbocycles. The van der Waals surface area contributed by atoms with Crippen LogP contribution in [0.1, 0.15) is 18.4 Å². The van der Waals surface area contributed by atoms with Crippen LogP contribution in [0.25, 0.3) is 11.3 Å². The average molecular weight is 436 g/mol. The van der Waals surface area contributed by atoms with Crippen molar-refractivity contribution in [3.63, 3.8) is 0 Å².